The molecule has 9 heteroatoms. The van der Waals surface area contributed by atoms with Crippen molar-refractivity contribution in [3.8, 4) is 0 Å². The molecule has 0 aliphatic carbocycles. The smallest absolute Gasteiger partial charge is 0.352 e. The number of nitrogens with one attached hydrogen (secondary N) is 2. The van der Waals surface area contributed by atoms with Gasteiger partial charge in [-0.05, 0) is 36.2 Å². The first-order valence-electron chi connectivity index (χ1n) is 8.00. The van der Waals surface area contributed by atoms with Gasteiger partial charge in [0.05, 0.1) is 16.3 Å². The van der Waals surface area contributed by atoms with Crippen molar-refractivity contribution in [2.24, 2.45) is 5.92 Å². The molecule has 0 fully saturated rings. The standard InChI is InChI=1S/C18H17ClF3N3O2/c1-10(2)9-24-16(26)11-5-6-23-15(7-11)17(27)25-14-8-12(18(20,21)22)3-4-13(14)19/h3-8,10H,9H2,1-2H3,(H,24,26)(H,25,27). The van der Waals surface area contributed by atoms with E-state index in [4.69, 9.17) is 11.6 Å². The number of pyridine rings is 1. The van der Waals surface area contributed by atoms with Crippen LogP contribution in [-0.4, -0.2) is 23.3 Å². The molecule has 0 aliphatic rings. The zero-order chi connectivity index (χ0) is 20.2. The molecule has 1 aromatic carbocycles. The van der Waals surface area contributed by atoms with Gasteiger partial charge in [-0.3, -0.25) is 14.6 Å². The maximum atomic E-state index is 12.8. The first-order valence-corrected chi connectivity index (χ1v) is 8.38. The third-order valence-corrected chi connectivity index (χ3v) is 3.80. The molecule has 2 amide bonds. The first kappa shape index (κ1) is 20.7. The van der Waals surface area contributed by atoms with Crippen LogP contribution >= 0.6 is 11.6 Å². The Morgan fingerprint density at radius 2 is 1.85 bits per heavy atom. The van der Waals surface area contributed by atoms with Crippen LogP contribution in [0.4, 0.5) is 18.9 Å². The minimum atomic E-state index is -4.57. The maximum Gasteiger partial charge on any atom is 0.416 e. The van der Waals surface area contributed by atoms with Crippen molar-refractivity contribution in [3.05, 3.63) is 58.4 Å². The molecule has 0 unspecified atom stereocenters. The molecule has 5 nitrogen and oxygen atoms in total. The second kappa shape index (κ2) is 8.39. The van der Waals surface area contributed by atoms with Gasteiger partial charge >= 0.3 is 6.18 Å². The van der Waals surface area contributed by atoms with Crippen LogP contribution in [0.15, 0.2) is 36.5 Å². The first-order chi connectivity index (χ1) is 12.6. The van der Waals surface area contributed by atoms with Gasteiger partial charge in [0.2, 0.25) is 0 Å². The fourth-order valence-corrected chi connectivity index (χ4v) is 2.24. The summed E-state index contributed by atoms with van der Waals surface area (Å²) >= 11 is 5.86. The monoisotopic (exact) mass is 399 g/mol. The lowest BCUT2D eigenvalue weighted by atomic mass is 10.1. The fourth-order valence-electron chi connectivity index (χ4n) is 2.08. The Morgan fingerprint density at radius 1 is 1.15 bits per heavy atom. The number of amides is 2. The molecule has 2 aromatic rings. The SMILES string of the molecule is CC(C)CNC(=O)c1ccnc(C(=O)Nc2cc(C(F)(F)F)ccc2Cl)c1. The van der Waals surface area contributed by atoms with Gasteiger partial charge in [-0.15, -0.1) is 0 Å². The molecule has 0 radical (unpaired) electrons. The second-order valence-corrected chi connectivity index (χ2v) is 6.59. The van der Waals surface area contributed by atoms with Crippen LogP contribution in [0.5, 0.6) is 0 Å². The van der Waals surface area contributed by atoms with Crippen molar-refractivity contribution in [1.29, 1.82) is 0 Å². The molecule has 0 aliphatic heterocycles. The number of benzene rings is 1. The Morgan fingerprint density at radius 3 is 2.48 bits per heavy atom. The van der Waals surface area contributed by atoms with Gasteiger partial charge < -0.3 is 10.6 Å². The summed E-state index contributed by atoms with van der Waals surface area (Å²) in [5.41, 5.74) is -1.06. The van der Waals surface area contributed by atoms with Gasteiger partial charge in [-0.25, -0.2) is 0 Å². The lowest BCUT2D eigenvalue weighted by Crippen LogP contribution is -2.27. The zero-order valence-corrected chi connectivity index (χ0v) is 15.3. The minimum Gasteiger partial charge on any atom is -0.352 e. The van der Waals surface area contributed by atoms with Crippen LogP contribution in [0.2, 0.25) is 5.02 Å². The van der Waals surface area contributed by atoms with Crippen molar-refractivity contribution in [1.82, 2.24) is 10.3 Å². The number of alkyl halides is 3. The average Bonchev–Trinajstić information content (AvgIpc) is 2.60. The van der Waals surface area contributed by atoms with Gasteiger partial charge in [0, 0.05) is 18.3 Å². The second-order valence-electron chi connectivity index (χ2n) is 6.18. The Bertz CT molecular complexity index is 854. The summed E-state index contributed by atoms with van der Waals surface area (Å²) in [6.45, 7) is 4.33. The molecule has 0 atom stereocenters. The summed E-state index contributed by atoms with van der Waals surface area (Å²) in [5.74, 6) is -0.909. The Labute approximate surface area is 158 Å². The number of carbonyl (C=O) groups excluding carboxylic acids is 2. The topological polar surface area (TPSA) is 71.1 Å². The molecule has 0 bridgehead atoms. The van der Waals surface area contributed by atoms with E-state index in [1.165, 1.54) is 18.3 Å². The van der Waals surface area contributed by atoms with E-state index in [2.05, 4.69) is 15.6 Å². The van der Waals surface area contributed by atoms with Crippen LogP contribution in [0.3, 0.4) is 0 Å². The summed E-state index contributed by atoms with van der Waals surface area (Å²) in [4.78, 5) is 28.3. The van der Waals surface area contributed by atoms with Crippen LogP contribution in [0.25, 0.3) is 0 Å². The molecule has 0 spiro atoms. The predicted molar refractivity (Wildman–Crippen MR) is 95.8 cm³/mol. The Hall–Kier alpha value is -2.61. The van der Waals surface area contributed by atoms with Crippen molar-refractivity contribution >= 4 is 29.1 Å². The molecule has 2 rings (SSSR count). The van der Waals surface area contributed by atoms with Gasteiger partial charge in [-0.2, -0.15) is 13.2 Å². The van der Waals surface area contributed by atoms with E-state index in [1.54, 1.807) is 0 Å². The highest BCUT2D eigenvalue weighted by Gasteiger charge is 2.31. The van der Waals surface area contributed by atoms with Crippen LogP contribution in [-0.2, 0) is 6.18 Å². The zero-order valence-electron chi connectivity index (χ0n) is 14.5. The van der Waals surface area contributed by atoms with E-state index in [9.17, 15) is 22.8 Å². The van der Waals surface area contributed by atoms with Gasteiger partial charge in [0.25, 0.3) is 11.8 Å². The van der Waals surface area contributed by atoms with Crippen LogP contribution < -0.4 is 10.6 Å². The fraction of sp³-hybridized carbons (Fsp3) is 0.278. The minimum absolute atomic E-state index is 0.0535. The van der Waals surface area contributed by atoms with Crippen LogP contribution in [0, 0.1) is 5.92 Å². The quantitative estimate of drug-likeness (QED) is 0.783. The van der Waals surface area contributed by atoms with Gasteiger partial charge in [0.1, 0.15) is 5.69 Å². The van der Waals surface area contributed by atoms with E-state index >= 15 is 0 Å². The Balaban J connectivity index is 2.19. The molecule has 0 saturated heterocycles. The number of hydrogen-bond acceptors (Lipinski definition) is 3. The van der Waals surface area contributed by atoms with Gasteiger partial charge in [0.15, 0.2) is 0 Å². The van der Waals surface area contributed by atoms with E-state index in [0.717, 1.165) is 18.2 Å². The number of halogens is 4. The third-order valence-electron chi connectivity index (χ3n) is 3.47. The summed E-state index contributed by atoms with van der Waals surface area (Å²) < 4.78 is 38.5. The molecular formula is C18H17ClF3N3O2. The predicted octanol–water partition coefficient (Wildman–Crippen LogP) is 4.39. The van der Waals surface area contributed by atoms with Crippen molar-refractivity contribution in [2.75, 3.05) is 11.9 Å². The maximum absolute atomic E-state index is 12.8. The van der Waals surface area contributed by atoms with Crippen molar-refractivity contribution in [3.63, 3.8) is 0 Å². The number of carbonyl (C=O) groups is 2. The van der Waals surface area contributed by atoms with Crippen LogP contribution in [0.1, 0.15) is 40.3 Å². The summed E-state index contributed by atoms with van der Waals surface area (Å²) in [6.07, 6.45) is -3.30. The van der Waals surface area contributed by atoms with Crippen molar-refractivity contribution < 1.29 is 22.8 Å². The number of hydrogen-bond donors (Lipinski definition) is 2. The Kier molecular flexibility index (Phi) is 6.43. The molecule has 1 aromatic heterocycles. The average molecular weight is 400 g/mol. The van der Waals surface area contributed by atoms with E-state index in [-0.39, 0.29) is 33.8 Å². The van der Waals surface area contributed by atoms with Crippen molar-refractivity contribution in [2.45, 2.75) is 20.0 Å². The lowest BCUT2D eigenvalue weighted by molar-refractivity contribution is -0.137. The molecular weight excluding hydrogens is 383 g/mol. The number of rotatable bonds is 5. The summed E-state index contributed by atoms with van der Waals surface area (Å²) in [6, 6.07) is 5.29. The lowest BCUT2D eigenvalue weighted by Gasteiger charge is -2.12. The highest BCUT2D eigenvalue weighted by atomic mass is 35.5. The molecule has 0 saturated carbocycles. The van der Waals surface area contributed by atoms with E-state index in [1.807, 2.05) is 13.8 Å². The highest BCUT2D eigenvalue weighted by Crippen LogP contribution is 2.33. The number of anilines is 1. The number of nitrogens with zero attached hydrogens (tertiary/aromatic N) is 1. The molecule has 1 heterocycles. The summed E-state index contributed by atoms with van der Waals surface area (Å²) in [7, 11) is 0. The molecule has 27 heavy (non-hydrogen) atoms. The number of aromatic nitrogens is 1. The van der Waals surface area contributed by atoms with Gasteiger partial charge in [-0.1, -0.05) is 25.4 Å². The van der Waals surface area contributed by atoms with E-state index in [0.29, 0.717) is 6.54 Å². The molecule has 144 valence electrons. The normalized spacial score (nSPS) is 11.4. The highest BCUT2D eigenvalue weighted by molar-refractivity contribution is 6.34. The van der Waals surface area contributed by atoms with E-state index < -0.39 is 17.6 Å². The summed E-state index contributed by atoms with van der Waals surface area (Å²) in [5, 5.41) is 4.94. The molecule has 2 N–H and O–H groups in total. The largest absolute Gasteiger partial charge is 0.416 e. The third kappa shape index (κ3) is 5.68.